The standard InChI is InChI=1S/C32H47N3O4/c1-11-24-23(13-12-16-35-24)26-17-21-14-15-22(18-25(21)37-26)38-29(4,5)20-30(6,7)39-27(36)32(10,31(8,9)34)19-28(2,3)33/h12-18H,11,19-20,33-34H2,1-10H3. The predicted octanol–water partition coefficient (Wildman–Crippen LogP) is 6.80. The highest BCUT2D eigenvalue weighted by molar-refractivity contribution is 5.84. The number of pyridine rings is 1. The van der Waals surface area contributed by atoms with Gasteiger partial charge in [-0.05, 0) is 105 Å². The summed E-state index contributed by atoms with van der Waals surface area (Å²) in [5, 5.41) is 0.988. The van der Waals surface area contributed by atoms with Gasteiger partial charge in [-0.3, -0.25) is 9.78 Å². The Balaban J connectivity index is 1.78. The molecule has 214 valence electrons. The molecule has 39 heavy (non-hydrogen) atoms. The molecule has 1 aromatic carbocycles. The van der Waals surface area contributed by atoms with E-state index in [-0.39, 0.29) is 5.97 Å². The van der Waals surface area contributed by atoms with E-state index in [4.69, 9.17) is 25.4 Å². The van der Waals surface area contributed by atoms with Gasteiger partial charge in [0.05, 0.1) is 11.1 Å². The number of rotatable bonds is 11. The number of furan rings is 1. The van der Waals surface area contributed by atoms with Crippen LogP contribution in [0.2, 0.25) is 0 Å². The third-order valence-corrected chi connectivity index (χ3v) is 7.28. The van der Waals surface area contributed by atoms with Crippen LogP contribution in [-0.2, 0) is 16.0 Å². The average molecular weight is 538 g/mol. The van der Waals surface area contributed by atoms with Crippen LogP contribution < -0.4 is 16.2 Å². The van der Waals surface area contributed by atoms with Gasteiger partial charge in [-0.25, -0.2) is 0 Å². The highest BCUT2D eigenvalue weighted by Crippen LogP contribution is 2.40. The Morgan fingerprint density at radius 1 is 0.923 bits per heavy atom. The van der Waals surface area contributed by atoms with Crippen LogP contribution in [0.25, 0.3) is 22.3 Å². The molecule has 0 radical (unpaired) electrons. The summed E-state index contributed by atoms with van der Waals surface area (Å²) in [5.41, 5.74) is 11.7. The molecular formula is C32H47N3O4. The van der Waals surface area contributed by atoms with Crippen molar-refractivity contribution < 1.29 is 18.7 Å². The van der Waals surface area contributed by atoms with Crippen LogP contribution in [0.1, 0.15) is 87.8 Å². The molecule has 2 heterocycles. The topological polar surface area (TPSA) is 114 Å². The van der Waals surface area contributed by atoms with Crippen LogP contribution in [0.4, 0.5) is 0 Å². The average Bonchev–Trinajstić information content (AvgIpc) is 3.18. The van der Waals surface area contributed by atoms with Gasteiger partial charge < -0.3 is 25.4 Å². The molecule has 0 aliphatic rings. The molecule has 4 N–H and O–H groups in total. The van der Waals surface area contributed by atoms with E-state index in [1.54, 1.807) is 6.20 Å². The molecule has 3 aromatic rings. The number of hydrogen-bond donors (Lipinski definition) is 2. The maximum Gasteiger partial charge on any atom is 0.314 e. The first kappa shape index (κ1) is 30.6. The predicted molar refractivity (Wildman–Crippen MR) is 158 cm³/mol. The SMILES string of the molecule is CCc1ncccc1-c1cc2ccc(OC(C)(C)CC(C)(C)OC(=O)C(C)(CC(C)(C)N)C(C)(C)N)cc2o1. The van der Waals surface area contributed by atoms with E-state index in [9.17, 15) is 4.79 Å². The Labute approximate surface area is 233 Å². The summed E-state index contributed by atoms with van der Waals surface area (Å²) in [5.74, 6) is 1.10. The van der Waals surface area contributed by atoms with Crippen LogP contribution in [0, 0.1) is 5.41 Å². The summed E-state index contributed by atoms with van der Waals surface area (Å²) in [4.78, 5) is 18.0. The lowest BCUT2D eigenvalue weighted by atomic mass is 9.67. The molecule has 7 heteroatoms. The zero-order valence-corrected chi connectivity index (χ0v) is 25.4. The maximum atomic E-state index is 13.5. The molecule has 7 nitrogen and oxygen atoms in total. The maximum absolute atomic E-state index is 13.5. The number of benzene rings is 1. The van der Waals surface area contributed by atoms with E-state index in [0.717, 1.165) is 34.4 Å². The first-order valence-electron chi connectivity index (χ1n) is 13.7. The van der Waals surface area contributed by atoms with Gasteiger partial charge >= 0.3 is 5.97 Å². The minimum absolute atomic E-state index is 0.360. The summed E-state index contributed by atoms with van der Waals surface area (Å²) in [6, 6.07) is 11.8. The third kappa shape index (κ3) is 7.40. The van der Waals surface area contributed by atoms with Gasteiger partial charge in [-0.15, -0.1) is 0 Å². The van der Waals surface area contributed by atoms with Gasteiger partial charge in [0.15, 0.2) is 0 Å². The molecule has 1 atom stereocenters. The monoisotopic (exact) mass is 537 g/mol. The van der Waals surface area contributed by atoms with E-state index in [1.165, 1.54) is 0 Å². The van der Waals surface area contributed by atoms with Crippen molar-refractivity contribution in [1.29, 1.82) is 0 Å². The first-order chi connectivity index (χ1) is 17.8. The Hall–Kier alpha value is -2.90. The van der Waals surface area contributed by atoms with Crippen molar-refractivity contribution >= 4 is 16.9 Å². The van der Waals surface area contributed by atoms with E-state index >= 15 is 0 Å². The number of aryl methyl sites for hydroxylation is 1. The molecule has 0 aliphatic carbocycles. The fraction of sp³-hybridized carbons (Fsp3) is 0.562. The van der Waals surface area contributed by atoms with Crippen molar-refractivity contribution in [2.45, 2.75) is 111 Å². The lowest BCUT2D eigenvalue weighted by Crippen LogP contribution is -2.59. The fourth-order valence-corrected chi connectivity index (χ4v) is 5.41. The third-order valence-electron chi connectivity index (χ3n) is 7.28. The number of nitrogens with two attached hydrogens (primary N) is 2. The molecular weight excluding hydrogens is 490 g/mol. The van der Waals surface area contributed by atoms with Crippen LogP contribution in [0.15, 0.2) is 47.0 Å². The number of ether oxygens (including phenoxy) is 2. The van der Waals surface area contributed by atoms with Crippen LogP contribution in [-0.4, -0.2) is 33.2 Å². The summed E-state index contributed by atoms with van der Waals surface area (Å²) in [6.45, 7) is 19.2. The zero-order chi connectivity index (χ0) is 29.4. The summed E-state index contributed by atoms with van der Waals surface area (Å²) >= 11 is 0. The second kappa shape index (κ2) is 10.6. The van der Waals surface area contributed by atoms with E-state index < -0.39 is 27.7 Å². The number of aromatic nitrogens is 1. The first-order valence-corrected chi connectivity index (χ1v) is 13.7. The Kier molecular flexibility index (Phi) is 8.31. The number of esters is 1. The molecule has 0 aliphatic heterocycles. The van der Waals surface area contributed by atoms with Crippen molar-refractivity contribution in [1.82, 2.24) is 4.98 Å². The Morgan fingerprint density at radius 3 is 2.18 bits per heavy atom. The number of nitrogens with zero attached hydrogens (tertiary/aromatic N) is 1. The molecule has 0 amide bonds. The quantitative estimate of drug-likeness (QED) is 0.259. The van der Waals surface area contributed by atoms with Gasteiger partial charge in [0.1, 0.15) is 28.3 Å². The Morgan fingerprint density at radius 2 is 1.59 bits per heavy atom. The normalized spacial score (nSPS) is 14.8. The van der Waals surface area contributed by atoms with Crippen LogP contribution in [0.5, 0.6) is 5.75 Å². The van der Waals surface area contributed by atoms with Crippen molar-refractivity contribution in [3.05, 3.63) is 48.3 Å². The van der Waals surface area contributed by atoms with Gasteiger partial charge in [-0.1, -0.05) is 6.92 Å². The highest BCUT2D eigenvalue weighted by Gasteiger charge is 2.50. The number of carbonyl (C=O) groups excluding carboxylic acids is 1. The minimum atomic E-state index is -0.971. The molecule has 0 fully saturated rings. The van der Waals surface area contributed by atoms with E-state index in [0.29, 0.717) is 18.6 Å². The largest absolute Gasteiger partial charge is 0.488 e. The number of carbonyl (C=O) groups is 1. The lowest BCUT2D eigenvalue weighted by Gasteiger charge is -2.45. The molecule has 2 aromatic heterocycles. The van der Waals surface area contributed by atoms with Gasteiger partial charge in [-0.2, -0.15) is 0 Å². The smallest absolute Gasteiger partial charge is 0.314 e. The van der Waals surface area contributed by atoms with Crippen molar-refractivity contribution in [2.75, 3.05) is 0 Å². The van der Waals surface area contributed by atoms with E-state index in [1.807, 2.05) is 98.7 Å². The summed E-state index contributed by atoms with van der Waals surface area (Å²) < 4.78 is 18.7. The number of fused-ring (bicyclic) bond motifs is 1. The van der Waals surface area contributed by atoms with Crippen molar-refractivity contribution in [3.63, 3.8) is 0 Å². The van der Waals surface area contributed by atoms with Crippen LogP contribution >= 0.6 is 0 Å². The summed E-state index contributed by atoms with van der Waals surface area (Å²) in [7, 11) is 0. The second-order valence-corrected chi connectivity index (χ2v) is 13.6. The highest BCUT2D eigenvalue weighted by atomic mass is 16.6. The van der Waals surface area contributed by atoms with Crippen molar-refractivity contribution in [2.24, 2.45) is 16.9 Å². The lowest BCUT2D eigenvalue weighted by molar-refractivity contribution is -0.177. The Bertz CT molecular complexity index is 1310. The molecule has 0 saturated carbocycles. The molecule has 0 saturated heterocycles. The fourth-order valence-electron chi connectivity index (χ4n) is 5.41. The number of hydrogen-bond acceptors (Lipinski definition) is 7. The van der Waals surface area contributed by atoms with Gasteiger partial charge in [0.25, 0.3) is 0 Å². The van der Waals surface area contributed by atoms with Gasteiger partial charge in [0, 0.05) is 40.7 Å². The van der Waals surface area contributed by atoms with Crippen LogP contribution in [0.3, 0.4) is 0 Å². The molecule has 3 rings (SSSR count). The van der Waals surface area contributed by atoms with E-state index in [2.05, 4.69) is 11.9 Å². The summed E-state index contributed by atoms with van der Waals surface area (Å²) in [6.07, 6.45) is 3.47. The second-order valence-electron chi connectivity index (χ2n) is 13.6. The zero-order valence-electron chi connectivity index (χ0n) is 25.4. The van der Waals surface area contributed by atoms with Gasteiger partial charge in [0.2, 0.25) is 0 Å². The van der Waals surface area contributed by atoms with Crippen molar-refractivity contribution in [3.8, 4) is 17.1 Å². The molecule has 0 bridgehead atoms. The molecule has 0 spiro atoms. The minimum Gasteiger partial charge on any atom is -0.488 e. The molecule has 1 unspecified atom stereocenters.